The van der Waals surface area contributed by atoms with Crippen molar-refractivity contribution in [1.29, 1.82) is 0 Å². The lowest BCUT2D eigenvalue weighted by molar-refractivity contribution is 1.30. The molecule has 514 valence electrons. The molecular formula is C100H114. The van der Waals surface area contributed by atoms with Crippen LogP contribution < -0.4 is 0 Å². The molecule has 0 aromatic heterocycles. The zero-order chi connectivity index (χ0) is 73.3. The highest BCUT2D eigenvalue weighted by Crippen LogP contribution is 2.28. The largest absolute Gasteiger partial charge is 0.0590 e. The van der Waals surface area contributed by atoms with E-state index in [-0.39, 0.29) is 0 Å². The molecule has 0 saturated heterocycles. The van der Waals surface area contributed by atoms with Crippen LogP contribution in [-0.4, -0.2) is 0 Å². The fourth-order valence-electron chi connectivity index (χ4n) is 12.0. The molecule has 0 nitrogen and oxygen atoms in total. The van der Waals surface area contributed by atoms with E-state index in [9.17, 15) is 0 Å². The van der Waals surface area contributed by atoms with Gasteiger partial charge >= 0.3 is 0 Å². The van der Waals surface area contributed by atoms with Crippen LogP contribution in [0.15, 0.2) is 255 Å². The molecule has 0 radical (unpaired) electrons. The molecule has 0 fully saturated rings. The Labute approximate surface area is 606 Å². The van der Waals surface area contributed by atoms with Crippen molar-refractivity contribution in [3.63, 3.8) is 0 Å². The van der Waals surface area contributed by atoms with E-state index >= 15 is 0 Å². The maximum atomic E-state index is 2.26. The van der Waals surface area contributed by atoms with E-state index in [1.54, 1.807) is 0 Å². The van der Waals surface area contributed by atoms with Crippen molar-refractivity contribution in [2.24, 2.45) is 0 Å². The maximum Gasteiger partial charge on any atom is -0.0155 e. The number of rotatable bonds is 4. The third kappa shape index (κ3) is 26.1. The zero-order valence-corrected chi connectivity index (χ0v) is 65.2. The maximum absolute atomic E-state index is 2.26. The van der Waals surface area contributed by atoms with Gasteiger partial charge in [-0.15, -0.1) is 0 Å². The van der Waals surface area contributed by atoms with Gasteiger partial charge in [0.2, 0.25) is 0 Å². The number of hydrogen-bond donors (Lipinski definition) is 0. The fourth-order valence-corrected chi connectivity index (χ4v) is 12.0. The second kappa shape index (κ2) is 38.5. The highest BCUT2D eigenvalue weighted by Gasteiger charge is 2.05. The summed E-state index contributed by atoms with van der Waals surface area (Å²) in [4.78, 5) is 0. The van der Waals surface area contributed by atoms with Crippen LogP contribution in [0.3, 0.4) is 0 Å². The van der Waals surface area contributed by atoms with Crippen molar-refractivity contribution in [1.82, 2.24) is 0 Å². The van der Waals surface area contributed by atoms with E-state index in [1.807, 2.05) is 0 Å². The zero-order valence-electron chi connectivity index (χ0n) is 65.2. The first-order chi connectivity index (χ1) is 47.4. The SMILES string of the molecule is Cc1cc(C)cc(C)c1.Cc1cc(C)cc(C)c1.Cc1ccc(-c2ccc(C)c(C)c2)cc1.Cc1ccc(-c2ccc(C)c(C)c2)cc1.Cc1ccc(-c2ccc(C)cc2C)cc1.Cc1ccc(-c2ccc(C)cc2C)cc1.Cc1ccc(C)c(C)c1.Cc1ccc2cc(C)c(C)cc2c1. The van der Waals surface area contributed by atoms with Gasteiger partial charge in [-0.2, -0.15) is 0 Å². The first kappa shape index (κ1) is 79.1. The predicted molar refractivity (Wildman–Crippen MR) is 444 cm³/mol. The van der Waals surface area contributed by atoms with E-state index in [0.717, 1.165) is 0 Å². The average Bonchev–Trinajstić information content (AvgIpc) is 0.842. The summed E-state index contributed by atoms with van der Waals surface area (Å²) in [5.74, 6) is 0. The third-order valence-electron chi connectivity index (χ3n) is 18.3. The molecule has 0 N–H and O–H groups in total. The summed E-state index contributed by atoms with van der Waals surface area (Å²) in [5.41, 5.74) is 42.8. The van der Waals surface area contributed by atoms with Gasteiger partial charge in [-0.1, -0.05) is 333 Å². The first-order valence-electron chi connectivity index (χ1n) is 35.6. The number of benzene rings is 13. The summed E-state index contributed by atoms with van der Waals surface area (Å²) in [6.07, 6.45) is 0. The normalized spacial score (nSPS) is 10.2. The van der Waals surface area contributed by atoms with E-state index in [0.29, 0.717) is 0 Å². The molecule has 0 saturated carbocycles. The Morgan fingerprint density at radius 1 is 0.110 bits per heavy atom. The van der Waals surface area contributed by atoms with Crippen LogP contribution in [0.4, 0.5) is 0 Å². The molecule has 0 aliphatic carbocycles. The van der Waals surface area contributed by atoms with Crippen molar-refractivity contribution in [3.05, 3.63) is 388 Å². The lowest BCUT2D eigenvalue weighted by Crippen LogP contribution is -1.84. The van der Waals surface area contributed by atoms with Crippen LogP contribution >= 0.6 is 0 Å². The summed E-state index contributed by atoms with van der Waals surface area (Å²) in [5, 5.41) is 2.69. The molecule has 0 unspecified atom stereocenters. The molecule has 0 aliphatic heterocycles. The van der Waals surface area contributed by atoms with Crippen LogP contribution in [0.1, 0.15) is 134 Å². The molecule has 0 heterocycles. The molecule has 13 aromatic carbocycles. The number of fused-ring (bicyclic) bond motifs is 1. The second-order valence-electron chi connectivity index (χ2n) is 28.4. The van der Waals surface area contributed by atoms with Crippen LogP contribution in [-0.2, 0) is 0 Å². The molecule has 13 rings (SSSR count). The fraction of sp³-hybridized carbons (Fsp3) is 0.240. The highest BCUT2D eigenvalue weighted by atomic mass is 14.1. The van der Waals surface area contributed by atoms with E-state index < -0.39 is 0 Å². The lowest BCUT2D eigenvalue weighted by Gasteiger charge is -2.07. The number of hydrogen-bond acceptors (Lipinski definition) is 0. The van der Waals surface area contributed by atoms with Gasteiger partial charge in [0, 0.05) is 0 Å². The molecule has 13 aromatic rings. The molecule has 0 spiro atoms. The van der Waals surface area contributed by atoms with Crippen molar-refractivity contribution in [2.45, 2.75) is 166 Å². The standard InChI is InChI=1S/4C15H16.C13H14.3C9H12/c2*1-11-4-7-14(8-5-11)15-9-6-12(2)13(3)10-15;2*1-11-4-7-14(8-5-11)15-9-6-12(2)10-13(15)3;1-9-4-5-12-7-10(2)11(3)8-13(12)6-9;2*1-7-4-8(2)6-9(3)5-7;1-7-4-5-8(2)9(3)6-7/h4*4-10H,1-3H3;4-8H,1-3H3;3*4-6H,1-3H3. The van der Waals surface area contributed by atoms with Crippen LogP contribution in [0.5, 0.6) is 0 Å². The Kier molecular flexibility index (Phi) is 30.4. The van der Waals surface area contributed by atoms with Crippen molar-refractivity contribution in [3.8, 4) is 44.5 Å². The van der Waals surface area contributed by atoms with Gasteiger partial charge in [0.15, 0.2) is 0 Å². The lowest BCUT2D eigenvalue weighted by atomic mass is 9.98. The molecule has 0 amide bonds. The van der Waals surface area contributed by atoms with Gasteiger partial charge < -0.3 is 0 Å². The minimum Gasteiger partial charge on any atom is -0.0590 e. The smallest absolute Gasteiger partial charge is 0.0155 e. The van der Waals surface area contributed by atoms with E-state index in [1.165, 1.54) is 189 Å². The summed E-state index contributed by atoms with van der Waals surface area (Å²) in [6, 6.07) is 91.9. The molecular weight excluding hydrogens is 1200 g/mol. The molecule has 0 atom stereocenters. The van der Waals surface area contributed by atoms with E-state index in [4.69, 9.17) is 0 Å². The van der Waals surface area contributed by atoms with Gasteiger partial charge in [-0.25, -0.2) is 0 Å². The first-order valence-corrected chi connectivity index (χ1v) is 35.6. The third-order valence-corrected chi connectivity index (χ3v) is 18.3. The Morgan fingerprint density at radius 3 is 0.620 bits per heavy atom. The van der Waals surface area contributed by atoms with Crippen molar-refractivity contribution >= 4 is 10.8 Å². The molecule has 0 heteroatoms. The van der Waals surface area contributed by atoms with E-state index in [2.05, 4.69) is 421 Å². The monoisotopic (exact) mass is 1310 g/mol. The summed E-state index contributed by atoms with van der Waals surface area (Å²) < 4.78 is 0. The highest BCUT2D eigenvalue weighted by molar-refractivity contribution is 5.84. The van der Waals surface area contributed by atoms with Gasteiger partial charge in [-0.3, -0.25) is 0 Å². The average molecular weight is 1320 g/mol. The van der Waals surface area contributed by atoms with Crippen molar-refractivity contribution in [2.75, 3.05) is 0 Å². The Bertz CT molecular complexity index is 4400. The summed E-state index contributed by atoms with van der Waals surface area (Å²) in [7, 11) is 0. The van der Waals surface area contributed by atoms with Crippen molar-refractivity contribution < 1.29 is 0 Å². The van der Waals surface area contributed by atoms with Gasteiger partial charge in [0.1, 0.15) is 0 Å². The molecule has 0 bridgehead atoms. The minimum atomic E-state index is 1.30. The summed E-state index contributed by atoms with van der Waals surface area (Å²) in [6.45, 7) is 51.3. The Hall–Kier alpha value is -9.88. The quantitative estimate of drug-likeness (QED) is 0.165. The van der Waals surface area contributed by atoms with Gasteiger partial charge in [0.05, 0.1) is 0 Å². The Morgan fingerprint density at radius 2 is 0.330 bits per heavy atom. The summed E-state index contributed by atoms with van der Waals surface area (Å²) >= 11 is 0. The Balaban J connectivity index is 0.000000182. The van der Waals surface area contributed by atoms with Gasteiger partial charge in [0.25, 0.3) is 0 Å². The molecule has 0 aliphatic rings. The topological polar surface area (TPSA) is 0 Å². The second-order valence-corrected chi connectivity index (χ2v) is 28.4. The van der Waals surface area contributed by atoms with Crippen LogP contribution in [0.25, 0.3) is 55.3 Å². The van der Waals surface area contributed by atoms with Crippen LogP contribution in [0, 0.1) is 166 Å². The predicted octanol–water partition coefficient (Wildman–Crippen LogP) is 28.7. The van der Waals surface area contributed by atoms with Gasteiger partial charge in [-0.05, 0) is 277 Å². The molecule has 100 heavy (non-hydrogen) atoms. The number of aryl methyl sites for hydroxylation is 24. The minimum absolute atomic E-state index is 1.30. The van der Waals surface area contributed by atoms with Crippen LogP contribution in [0.2, 0.25) is 0 Å².